The Hall–Kier alpha value is -3.88. The van der Waals surface area contributed by atoms with Crippen LogP contribution in [0.2, 0.25) is 0 Å². The summed E-state index contributed by atoms with van der Waals surface area (Å²) in [5.41, 5.74) is 8.11. The number of anilines is 1. The molecule has 1 aliphatic heterocycles. The summed E-state index contributed by atoms with van der Waals surface area (Å²) >= 11 is 0. The van der Waals surface area contributed by atoms with Crippen molar-refractivity contribution in [3.63, 3.8) is 0 Å². The Morgan fingerprint density at radius 2 is 2.03 bits per heavy atom. The first-order valence-electron chi connectivity index (χ1n) is 9.18. The molecule has 0 fully saturated rings. The Bertz CT molecular complexity index is 1030. The molecule has 0 saturated heterocycles. The second-order valence-electron chi connectivity index (χ2n) is 6.54. The molecule has 0 saturated carbocycles. The van der Waals surface area contributed by atoms with Gasteiger partial charge in [-0.05, 0) is 11.6 Å². The number of halogens is 2. The van der Waals surface area contributed by atoms with Crippen molar-refractivity contribution in [2.24, 2.45) is 5.73 Å². The molecule has 2 aromatic rings. The molecule has 1 aliphatic rings. The van der Waals surface area contributed by atoms with Crippen LogP contribution < -0.4 is 27.0 Å². The predicted molar refractivity (Wildman–Crippen MR) is 114 cm³/mol. The Kier molecular flexibility index (Phi) is 6.31. The van der Waals surface area contributed by atoms with Crippen LogP contribution >= 0.6 is 0 Å². The van der Waals surface area contributed by atoms with Crippen molar-refractivity contribution in [3.8, 4) is 0 Å². The topological polar surface area (TPSA) is 115 Å². The molecule has 1 unspecified atom stereocenters. The zero-order chi connectivity index (χ0) is 21.7. The van der Waals surface area contributed by atoms with Gasteiger partial charge in [0.1, 0.15) is 11.6 Å². The lowest BCUT2D eigenvalue weighted by molar-refractivity contribution is 0.251. The lowest BCUT2D eigenvalue weighted by atomic mass is 10.0. The van der Waals surface area contributed by atoms with Crippen molar-refractivity contribution in [2.45, 2.75) is 6.04 Å². The maximum absolute atomic E-state index is 14.4. The minimum absolute atomic E-state index is 0.0873. The summed E-state index contributed by atoms with van der Waals surface area (Å²) in [6.07, 6.45) is 3.75. The highest BCUT2D eigenvalue weighted by molar-refractivity contribution is 6.08. The third-order valence-corrected chi connectivity index (χ3v) is 4.66. The van der Waals surface area contributed by atoms with Gasteiger partial charge < -0.3 is 32.4 Å². The number of fused-ring (bicyclic) bond motifs is 1. The van der Waals surface area contributed by atoms with E-state index in [9.17, 15) is 13.6 Å². The average Bonchev–Trinajstić information content (AvgIpc) is 3.11. The van der Waals surface area contributed by atoms with Gasteiger partial charge in [-0.3, -0.25) is 0 Å². The lowest BCUT2D eigenvalue weighted by Crippen LogP contribution is -2.35. The van der Waals surface area contributed by atoms with Crippen LogP contribution in [0.4, 0.5) is 19.3 Å². The van der Waals surface area contributed by atoms with Gasteiger partial charge in [0.15, 0.2) is 0 Å². The van der Waals surface area contributed by atoms with E-state index in [0.717, 1.165) is 35.2 Å². The highest BCUT2D eigenvalue weighted by Gasteiger charge is 2.25. The number of carbonyl (C=O) groups is 1. The Morgan fingerprint density at radius 1 is 1.27 bits per heavy atom. The first-order chi connectivity index (χ1) is 14.5. The number of hydrogen-bond acceptors (Lipinski definition) is 5. The van der Waals surface area contributed by atoms with Gasteiger partial charge in [-0.2, -0.15) is 0 Å². The largest absolute Gasteiger partial charge is 0.403 e. The smallest absolute Gasteiger partial charge is 0.319 e. The van der Waals surface area contributed by atoms with Crippen molar-refractivity contribution in [1.29, 1.82) is 5.41 Å². The van der Waals surface area contributed by atoms with Gasteiger partial charge in [0, 0.05) is 55.0 Å². The number of rotatable bonds is 6. The maximum Gasteiger partial charge on any atom is 0.319 e. The van der Waals surface area contributed by atoms with Crippen molar-refractivity contribution in [3.05, 3.63) is 77.1 Å². The molecule has 1 heterocycles. The first kappa shape index (κ1) is 20.8. The molecule has 7 N–H and O–H groups in total. The van der Waals surface area contributed by atoms with Gasteiger partial charge >= 0.3 is 6.03 Å². The molecule has 2 aromatic carbocycles. The Labute approximate surface area is 172 Å². The summed E-state index contributed by atoms with van der Waals surface area (Å²) < 4.78 is 28.8. The second-order valence-corrected chi connectivity index (χ2v) is 6.54. The van der Waals surface area contributed by atoms with Crippen LogP contribution in [0.3, 0.4) is 0 Å². The molecule has 9 heteroatoms. The third kappa shape index (κ3) is 4.24. The molecule has 0 aromatic heterocycles. The van der Waals surface area contributed by atoms with Gasteiger partial charge in [-0.25, -0.2) is 13.6 Å². The van der Waals surface area contributed by atoms with E-state index in [0.29, 0.717) is 0 Å². The van der Waals surface area contributed by atoms with Crippen LogP contribution in [0.1, 0.15) is 22.7 Å². The molecule has 0 bridgehead atoms. The fourth-order valence-electron chi connectivity index (χ4n) is 3.27. The van der Waals surface area contributed by atoms with E-state index >= 15 is 0 Å². The Balaban J connectivity index is 1.68. The molecule has 0 spiro atoms. The van der Waals surface area contributed by atoms with Crippen LogP contribution in [0, 0.1) is 17.0 Å². The van der Waals surface area contributed by atoms with E-state index in [2.05, 4.69) is 21.3 Å². The summed E-state index contributed by atoms with van der Waals surface area (Å²) in [5.74, 6) is -1.58. The van der Waals surface area contributed by atoms with Crippen LogP contribution in [0.5, 0.6) is 0 Å². The third-order valence-electron chi connectivity index (χ3n) is 4.66. The minimum Gasteiger partial charge on any atom is -0.403 e. The molecule has 1 atom stereocenters. The van der Waals surface area contributed by atoms with E-state index in [-0.39, 0.29) is 29.4 Å². The van der Waals surface area contributed by atoms with E-state index in [1.807, 2.05) is 24.3 Å². The summed E-state index contributed by atoms with van der Waals surface area (Å²) in [6.45, 7) is 0.214. The van der Waals surface area contributed by atoms with Crippen molar-refractivity contribution >= 4 is 29.2 Å². The monoisotopic (exact) mass is 412 g/mol. The van der Waals surface area contributed by atoms with Crippen molar-refractivity contribution in [2.75, 3.05) is 18.9 Å². The zero-order valence-corrected chi connectivity index (χ0v) is 16.2. The van der Waals surface area contributed by atoms with Gasteiger partial charge in [-0.15, -0.1) is 0 Å². The molecule has 7 nitrogen and oxygen atoms in total. The number of carbonyl (C=O) groups excluding carboxylic acids is 1. The lowest BCUT2D eigenvalue weighted by Gasteiger charge is -2.15. The summed E-state index contributed by atoms with van der Waals surface area (Å²) in [7, 11) is 1.59. The molecule has 156 valence electrons. The average molecular weight is 412 g/mol. The minimum atomic E-state index is -0.817. The predicted octanol–water partition coefficient (Wildman–Crippen LogP) is 2.90. The van der Waals surface area contributed by atoms with Crippen LogP contribution in [0.25, 0.3) is 11.3 Å². The fraction of sp³-hybridized carbons (Fsp3) is 0.143. The Morgan fingerprint density at radius 3 is 2.73 bits per heavy atom. The molecule has 30 heavy (non-hydrogen) atoms. The summed E-state index contributed by atoms with van der Waals surface area (Å²) in [5, 5.41) is 18.2. The zero-order valence-electron chi connectivity index (χ0n) is 16.2. The van der Waals surface area contributed by atoms with Crippen LogP contribution in [-0.2, 0) is 0 Å². The number of hydrogen-bond donors (Lipinski definition) is 6. The number of amides is 2. The van der Waals surface area contributed by atoms with Gasteiger partial charge in [0.25, 0.3) is 0 Å². The van der Waals surface area contributed by atoms with E-state index in [1.54, 1.807) is 7.05 Å². The molecule has 2 amide bonds. The van der Waals surface area contributed by atoms with Crippen molar-refractivity contribution in [1.82, 2.24) is 16.0 Å². The van der Waals surface area contributed by atoms with E-state index in [4.69, 9.17) is 11.1 Å². The second kappa shape index (κ2) is 9.08. The standard InChI is InChI=1S/C21H22F2N6O/c1-26-10-12(8-24)15-6-17(23)18(7-16(15)22)29-21(30)27-11-20-14-5-3-2-4-13(14)19(9-25)28-20/h2-10,20,24,26,28H,11,25H2,1H3,(H2,27,29,30)/b12-10+,19-9-,24-8?. The van der Waals surface area contributed by atoms with Gasteiger partial charge in [0.2, 0.25) is 0 Å². The number of nitrogens with two attached hydrogens (primary N) is 1. The van der Waals surface area contributed by atoms with E-state index in [1.165, 1.54) is 12.4 Å². The van der Waals surface area contributed by atoms with Gasteiger partial charge in [-0.1, -0.05) is 24.3 Å². The highest BCUT2D eigenvalue weighted by Crippen LogP contribution is 2.31. The number of allylic oxidation sites excluding steroid dienone is 1. The molecule has 0 aliphatic carbocycles. The van der Waals surface area contributed by atoms with Crippen LogP contribution in [-0.4, -0.2) is 25.8 Å². The van der Waals surface area contributed by atoms with Crippen molar-refractivity contribution < 1.29 is 13.6 Å². The summed E-state index contributed by atoms with van der Waals surface area (Å²) in [6, 6.07) is 8.57. The van der Waals surface area contributed by atoms with Crippen LogP contribution in [0.15, 0.2) is 48.8 Å². The SMILES string of the molecule is CN/C=C(\C=N)c1cc(F)c(NC(=O)NCC2N/C(=C\N)c3ccccc32)cc1F. The number of urea groups is 1. The van der Waals surface area contributed by atoms with E-state index < -0.39 is 17.7 Å². The maximum atomic E-state index is 14.4. The first-order valence-corrected chi connectivity index (χ1v) is 9.18. The molecule has 0 radical (unpaired) electrons. The molecular weight excluding hydrogens is 390 g/mol. The molecular formula is C21H22F2N6O. The molecule has 3 rings (SSSR count). The quantitative estimate of drug-likeness (QED) is 0.409. The number of benzene rings is 2. The summed E-state index contributed by atoms with van der Waals surface area (Å²) in [4.78, 5) is 12.2. The van der Waals surface area contributed by atoms with Gasteiger partial charge in [0.05, 0.1) is 17.4 Å². The normalized spacial score (nSPS) is 16.6. The highest BCUT2D eigenvalue weighted by atomic mass is 19.1. The fourth-order valence-corrected chi connectivity index (χ4v) is 3.27. The number of nitrogens with one attached hydrogen (secondary N) is 5.